The van der Waals surface area contributed by atoms with E-state index >= 15 is 0 Å². The molecule has 0 aliphatic carbocycles. The van der Waals surface area contributed by atoms with Crippen LogP contribution in [-0.4, -0.2) is 24.0 Å². The van der Waals surface area contributed by atoms with Gasteiger partial charge in [-0.25, -0.2) is 4.99 Å². The van der Waals surface area contributed by atoms with Gasteiger partial charge in [0.05, 0.1) is 12.1 Å². The minimum absolute atomic E-state index is 0.632. The number of aliphatic imine (C=N–C) groups is 1. The molecule has 1 heterocycles. The molecule has 2 N–H and O–H groups in total. The molecule has 0 fully saturated rings. The topological polar surface area (TPSA) is 49.3 Å². The third-order valence-corrected chi connectivity index (χ3v) is 3.01. The average molecular weight is 270 g/mol. The van der Waals surface area contributed by atoms with Gasteiger partial charge >= 0.3 is 0 Å². The maximum atomic E-state index is 4.63. The van der Waals surface area contributed by atoms with Crippen LogP contribution >= 0.6 is 0 Å². The van der Waals surface area contributed by atoms with E-state index in [-0.39, 0.29) is 0 Å². The molecule has 0 bridgehead atoms. The Bertz CT molecular complexity index is 572. The van der Waals surface area contributed by atoms with Gasteiger partial charge in [0.2, 0.25) is 0 Å². The lowest BCUT2D eigenvalue weighted by atomic mass is 10.1. The van der Waals surface area contributed by atoms with E-state index in [0.29, 0.717) is 6.54 Å². The molecular formula is C16H22N4. The summed E-state index contributed by atoms with van der Waals surface area (Å²) < 4.78 is 0. The van der Waals surface area contributed by atoms with E-state index in [4.69, 9.17) is 0 Å². The van der Waals surface area contributed by atoms with Crippen molar-refractivity contribution in [2.24, 2.45) is 4.99 Å². The molecule has 0 aliphatic heterocycles. The van der Waals surface area contributed by atoms with Crippen LogP contribution in [0.15, 0.2) is 41.5 Å². The van der Waals surface area contributed by atoms with Gasteiger partial charge in [0.1, 0.15) is 0 Å². The fourth-order valence-electron chi connectivity index (χ4n) is 2.04. The Labute approximate surface area is 120 Å². The van der Waals surface area contributed by atoms with Crippen molar-refractivity contribution in [3.05, 3.63) is 42.1 Å². The monoisotopic (exact) mass is 270 g/mol. The van der Waals surface area contributed by atoms with Crippen molar-refractivity contribution in [1.82, 2.24) is 15.6 Å². The molecule has 0 saturated heterocycles. The number of hydrogen-bond donors (Lipinski definition) is 2. The van der Waals surface area contributed by atoms with E-state index in [1.807, 2.05) is 12.3 Å². The van der Waals surface area contributed by atoms with Crippen molar-refractivity contribution >= 4 is 16.9 Å². The quantitative estimate of drug-likeness (QED) is 0.649. The fourth-order valence-corrected chi connectivity index (χ4v) is 2.04. The second-order valence-electron chi connectivity index (χ2n) is 4.61. The summed E-state index contributed by atoms with van der Waals surface area (Å²) >= 11 is 0. The summed E-state index contributed by atoms with van der Waals surface area (Å²) in [4.78, 5) is 9.08. The highest BCUT2D eigenvalue weighted by Crippen LogP contribution is 2.16. The SMILES string of the molecule is CCCNC(=NCc1cccc2cccnc12)NCC. The molecule has 0 spiro atoms. The van der Waals surface area contributed by atoms with Crippen molar-refractivity contribution in [2.45, 2.75) is 26.8 Å². The second kappa shape index (κ2) is 7.48. The van der Waals surface area contributed by atoms with Gasteiger partial charge < -0.3 is 10.6 Å². The number of pyridine rings is 1. The lowest BCUT2D eigenvalue weighted by Crippen LogP contribution is -2.37. The summed E-state index contributed by atoms with van der Waals surface area (Å²) in [5.41, 5.74) is 2.18. The number of nitrogens with one attached hydrogen (secondary N) is 2. The van der Waals surface area contributed by atoms with Gasteiger partial charge in [0.15, 0.2) is 5.96 Å². The van der Waals surface area contributed by atoms with Gasteiger partial charge in [-0.2, -0.15) is 0 Å². The van der Waals surface area contributed by atoms with E-state index in [1.54, 1.807) is 0 Å². The zero-order chi connectivity index (χ0) is 14.2. The highest BCUT2D eigenvalue weighted by Gasteiger charge is 2.02. The number of rotatable bonds is 5. The Balaban J connectivity index is 2.17. The molecule has 2 aromatic rings. The third-order valence-electron chi connectivity index (χ3n) is 3.01. The van der Waals surface area contributed by atoms with Crippen LogP contribution in [0.4, 0.5) is 0 Å². The largest absolute Gasteiger partial charge is 0.357 e. The Morgan fingerprint density at radius 3 is 2.80 bits per heavy atom. The number of para-hydroxylation sites is 1. The molecular weight excluding hydrogens is 248 g/mol. The average Bonchev–Trinajstić information content (AvgIpc) is 2.50. The third kappa shape index (κ3) is 3.70. The van der Waals surface area contributed by atoms with Gasteiger partial charge in [-0.15, -0.1) is 0 Å². The standard InChI is InChI=1S/C16H22N4/c1-3-10-19-16(17-4-2)20-12-14-8-5-7-13-9-6-11-18-15(13)14/h5-9,11H,3-4,10,12H2,1-2H3,(H2,17,19,20). The number of hydrogen-bond acceptors (Lipinski definition) is 2. The summed E-state index contributed by atoms with van der Waals surface area (Å²) in [5, 5.41) is 7.72. The molecule has 1 aromatic heterocycles. The predicted octanol–water partition coefficient (Wildman–Crippen LogP) is 2.70. The molecule has 0 saturated carbocycles. The summed E-state index contributed by atoms with van der Waals surface area (Å²) in [7, 11) is 0. The van der Waals surface area contributed by atoms with E-state index < -0.39 is 0 Å². The van der Waals surface area contributed by atoms with Gasteiger partial charge in [0.25, 0.3) is 0 Å². The minimum atomic E-state index is 0.632. The van der Waals surface area contributed by atoms with Gasteiger partial charge in [-0.3, -0.25) is 4.98 Å². The van der Waals surface area contributed by atoms with Crippen LogP contribution in [0, 0.1) is 0 Å². The van der Waals surface area contributed by atoms with Crippen molar-refractivity contribution < 1.29 is 0 Å². The Hall–Kier alpha value is -2.10. The number of guanidine groups is 1. The van der Waals surface area contributed by atoms with E-state index in [2.05, 4.69) is 58.7 Å². The molecule has 0 amide bonds. The maximum absolute atomic E-state index is 4.63. The molecule has 106 valence electrons. The number of benzene rings is 1. The fraction of sp³-hybridized carbons (Fsp3) is 0.375. The number of nitrogens with zero attached hydrogens (tertiary/aromatic N) is 2. The van der Waals surface area contributed by atoms with Gasteiger partial charge in [-0.05, 0) is 25.0 Å². The molecule has 20 heavy (non-hydrogen) atoms. The molecule has 0 unspecified atom stereocenters. The van der Waals surface area contributed by atoms with E-state index in [1.165, 1.54) is 0 Å². The first-order chi connectivity index (χ1) is 9.85. The molecule has 0 aliphatic rings. The summed E-state index contributed by atoms with van der Waals surface area (Å²) in [6.07, 6.45) is 2.91. The summed E-state index contributed by atoms with van der Waals surface area (Å²) in [6, 6.07) is 10.3. The normalized spacial score (nSPS) is 11.6. The van der Waals surface area contributed by atoms with Crippen LogP contribution in [0.2, 0.25) is 0 Å². The molecule has 4 heteroatoms. The Morgan fingerprint density at radius 2 is 2.00 bits per heavy atom. The lowest BCUT2D eigenvalue weighted by Gasteiger charge is -2.10. The molecule has 0 atom stereocenters. The van der Waals surface area contributed by atoms with Crippen LogP contribution in [0.5, 0.6) is 0 Å². The van der Waals surface area contributed by atoms with Gasteiger partial charge in [0, 0.05) is 24.7 Å². The van der Waals surface area contributed by atoms with Crippen molar-refractivity contribution in [3.63, 3.8) is 0 Å². The summed E-state index contributed by atoms with van der Waals surface area (Å²) in [6.45, 7) is 6.64. The van der Waals surface area contributed by atoms with E-state index in [0.717, 1.165) is 41.9 Å². The number of fused-ring (bicyclic) bond motifs is 1. The van der Waals surface area contributed by atoms with Crippen LogP contribution in [0.1, 0.15) is 25.8 Å². The Kier molecular flexibility index (Phi) is 5.35. The molecule has 1 aromatic carbocycles. The first-order valence-corrected chi connectivity index (χ1v) is 7.20. The second-order valence-corrected chi connectivity index (χ2v) is 4.61. The molecule has 0 radical (unpaired) electrons. The minimum Gasteiger partial charge on any atom is -0.357 e. The number of aromatic nitrogens is 1. The zero-order valence-corrected chi connectivity index (χ0v) is 12.2. The highest BCUT2D eigenvalue weighted by atomic mass is 15.2. The van der Waals surface area contributed by atoms with Crippen molar-refractivity contribution in [1.29, 1.82) is 0 Å². The first-order valence-electron chi connectivity index (χ1n) is 7.20. The lowest BCUT2D eigenvalue weighted by molar-refractivity contribution is 0.785. The van der Waals surface area contributed by atoms with E-state index in [9.17, 15) is 0 Å². The highest BCUT2D eigenvalue weighted by molar-refractivity contribution is 5.83. The van der Waals surface area contributed by atoms with Crippen molar-refractivity contribution in [3.8, 4) is 0 Å². The van der Waals surface area contributed by atoms with Gasteiger partial charge in [-0.1, -0.05) is 31.2 Å². The first kappa shape index (κ1) is 14.3. The van der Waals surface area contributed by atoms with Crippen LogP contribution in [-0.2, 0) is 6.54 Å². The van der Waals surface area contributed by atoms with Crippen LogP contribution in [0.3, 0.4) is 0 Å². The summed E-state index contributed by atoms with van der Waals surface area (Å²) in [5.74, 6) is 0.863. The maximum Gasteiger partial charge on any atom is 0.191 e. The molecule has 2 rings (SSSR count). The molecule has 4 nitrogen and oxygen atoms in total. The predicted molar refractivity (Wildman–Crippen MR) is 84.9 cm³/mol. The Morgan fingerprint density at radius 1 is 1.15 bits per heavy atom. The smallest absolute Gasteiger partial charge is 0.191 e. The van der Waals surface area contributed by atoms with Crippen molar-refractivity contribution in [2.75, 3.05) is 13.1 Å². The van der Waals surface area contributed by atoms with Crippen LogP contribution < -0.4 is 10.6 Å². The van der Waals surface area contributed by atoms with Crippen LogP contribution in [0.25, 0.3) is 10.9 Å². The zero-order valence-electron chi connectivity index (χ0n) is 12.2.